The van der Waals surface area contributed by atoms with Crippen molar-refractivity contribution in [2.75, 3.05) is 18.0 Å². The van der Waals surface area contributed by atoms with E-state index in [1.807, 2.05) is 6.07 Å². The van der Waals surface area contributed by atoms with E-state index in [2.05, 4.69) is 59.3 Å². The fourth-order valence-electron chi connectivity index (χ4n) is 4.63. The molecule has 0 aliphatic rings. The van der Waals surface area contributed by atoms with Crippen LogP contribution in [0, 0.1) is 0 Å². The van der Waals surface area contributed by atoms with E-state index in [-0.39, 0.29) is 0 Å². The van der Waals surface area contributed by atoms with Gasteiger partial charge in [0.2, 0.25) is 0 Å². The van der Waals surface area contributed by atoms with E-state index in [4.69, 9.17) is 0 Å². The SMILES string of the molecule is CCCCCCCCN(CCCCCCCC)c1ccccc1.O=C(c1ccc(N=Nc2ccccc2)cc1)C(F)(F)F. The minimum atomic E-state index is -4.87. The highest BCUT2D eigenvalue weighted by molar-refractivity contribution is 6.00. The van der Waals surface area contributed by atoms with Crippen LogP contribution in [0.25, 0.3) is 0 Å². The quantitative estimate of drug-likeness (QED) is 0.0834. The van der Waals surface area contributed by atoms with Crippen LogP contribution in [0.15, 0.2) is 95.2 Å². The second-order valence-electron chi connectivity index (χ2n) is 10.8. The molecule has 0 amide bonds. The smallest absolute Gasteiger partial charge is 0.372 e. The van der Waals surface area contributed by atoms with E-state index in [0.717, 1.165) is 12.1 Å². The van der Waals surface area contributed by atoms with Crippen LogP contribution in [0.2, 0.25) is 0 Å². The Hall–Kier alpha value is -3.48. The fraction of sp³-hybridized carbons (Fsp3) is 0.472. The predicted octanol–water partition coefficient (Wildman–Crippen LogP) is 12.1. The maximum Gasteiger partial charge on any atom is 0.454 e. The summed E-state index contributed by atoms with van der Waals surface area (Å²) in [5.74, 6) is -1.87. The Labute approximate surface area is 256 Å². The lowest BCUT2D eigenvalue weighted by Gasteiger charge is -2.25. The third-order valence-electron chi connectivity index (χ3n) is 7.11. The third kappa shape index (κ3) is 15.5. The lowest BCUT2D eigenvalue weighted by molar-refractivity contribution is -0.0885. The second-order valence-corrected chi connectivity index (χ2v) is 10.8. The van der Waals surface area contributed by atoms with E-state index in [1.165, 1.54) is 108 Å². The van der Waals surface area contributed by atoms with Gasteiger partial charge >= 0.3 is 6.18 Å². The van der Waals surface area contributed by atoms with Crippen molar-refractivity contribution in [1.82, 2.24) is 0 Å². The van der Waals surface area contributed by atoms with E-state index in [1.54, 1.807) is 24.3 Å². The summed E-state index contributed by atoms with van der Waals surface area (Å²) < 4.78 is 36.6. The van der Waals surface area contributed by atoms with Gasteiger partial charge in [0, 0.05) is 24.3 Å². The molecule has 0 spiro atoms. The van der Waals surface area contributed by atoms with E-state index in [9.17, 15) is 18.0 Å². The van der Waals surface area contributed by atoms with Crippen LogP contribution >= 0.6 is 0 Å². The average molecular weight is 596 g/mol. The first-order chi connectivity index (χ1) is 20.8. The minimum absolute atomic E-state index is 0.368. The lowest BCUT2D eigenvalue weighted by Crippen LogP contribution is -2.25. The summed E-state index contributed by atoms with van der Waals surface area (Å²) in [7, 11) is 0. The molecule has 0 radical (unpaired) electrons. The third-order valence-corrected chi connectivity index (χ3v) is 7.11. The topological polar surface area (TPSA) is 45.0 Å². The van der Waals surface area contributed by atoms with Gasteiger partial charge in [-0.05, 0) is 61.4 Å². The first-order valence-corrected chi connectivity index (χ1v) is 15.8. The van der Waals surface area contributed by atoms with Crippen LogP contribution in [0.5, 0.6) is 0 Å². The van der Waals surface area contributed by atoms with E-state index < -0.39 is 17.5 Å². The number of alkyl halides is 3. The number of carbonyl (C=O) groups excluding carboxylic acids is 1. The maximum atomic E-state index is 12.2. The molecule has 3 aromatic carbocycles. The summed E-state index contributed by atoms with van der Waals surface area (Å²) in [6, 6.07) is 24.7. The number of anilines is 1. The molecule has 4 nitrogen and oxygen atoms in total. The number of hydrogen-bond donors (Lipinski definition) is 0. The van der Waals surface area contributed by atoms with Crippen molar-refractivity contribution >= 4 is 22.8 Å². The Morgan fingerprint density at radius 2 is 1.00 bits per heavy atom. The number of unbranched alkanes of at least 4 members (excludes halogenated alkanes) is 10. The molecule has 3 rings (SSSR count). The van der Waals surface area contributed by atoms with Crippen molar-refractivity contribution in [3.8, 4) is 0 Å². The van der Waals surface area contributed by atoms with Crippen LogP contribution in [0.4, 0.5) is 30.2 Å². The number of hydrogen-bond acceptors (Lipinski definition) is 4. The number of carbonyl (C=O) groups is 1. The van der Waals surface area contributed by atoms with Crippen LogP contribution < -0.4 is 4.90 Å². The zero-order chi connectivity index (χ0) is 31.2. The number of rotatable bonds is 18. The van der Waals surface area contributed by atoms with Gasteiger partial charge < -0.3 is 4.90 Å². The zero-order valence-electron chi connectivity index (χ0n) is 25.9. The van der Waals surface area contributed by atoms with Gasteiger partial charge in [0.1, 0.15) is 0 Å². The van der Waals surface area contributed by atoms with Gasteiger partial charge in [-0.2, -0.15) is 23.4 Å². The maximum absolute atomic E-state index is 12.2. The van der Waals surface area contributed by atoms with Crippen LogP contribution in [-0.2, 0) is 0 Å². The molecule has 234 valence electrons. The molecular formula is C36H48F3N3O. The van der Waals surface area contributed by atoms with Gasteiger partial charge in [-0.3, -0.25) is 4.79 Å². The second kappa shape index (κ2) is 21.2. The summed E-state index contributed by atoms with van der Waals surface area (Å²) >= 11 is 0. The van der Waals surface area contributed by atoms with E-state index >= 15 is 0 Å². The zero-order valence-corrected chi connectivity index (χ0v) is 25.9. The largest absolute Gasteiger partial charge is 0.454 e. The molecule has 0 N–H and O–H groups in total. The molecule has 0 fully saturated rings. The Kier molecular flexibility index (Phi) is 17.6. The van der Waals surface area contributed by atoms with Gasteiger partial charge in [0.05, 0.1) is 11.4 Å². The molecule has 43 heavy (non-hydrogen) atoms. The monoisotopic (exact) mass is 595 g/mol. The highest BCUT2D eigenvalue weighted by Gasteiger charge is 2.39. The van der Waals surface area contributed by atoms with Crippen molar-refractivity contribution in [3.05, 3.63) is 90.5 Å². The van der Waals surface area contributed by atoms with Crippen molar-refractivity contribution in [1.29, 1.82) is 0 Å². The number of halogens is 3. The number of Topliss-reactive ketones (excluding diaryl/α,β-unsaturated/α-hetero) is 1. The molecule has 0 aromatic heterocycles. The summed E-state index contributed by atoms with van der Waals surface area (Å²) in [5, 5.41) is 7.79. The Balaban J connectivity index is 0.000000303. The average Bonchev–Trinajstić information content (AvgIpc) is 3.03. The molecule has 0 aliphatic heterocycles. The predicted molar refractivity (Wildman–Crippen MR) is 173 cm³/mol. The number of para-hydroxylation sites is 1. The molecule has 0 atom stereocenters. The number of azo groups is 1. The minimum Gasteiger partial charge on any atom is -0.372 e. The lowest BCUT2D eigenvalue weighted by atomic mass is 10.1. The van der Waals surface area contributed by atoms with Gasteiger partial charge in [-0.1, -0.05) is 114 Å². The molecule has 0 unspecified atom stereocenters. The number of ketones is 1. The van der Waals surface area contributed by atoms with Crippen molar-refractivity contribution < 1.29 is 18.0 Å². The van der Waals surface area contributed by atoms with Gasteiger partial charge in [-0.25, -0.2) is 0 Å². The number of nitrogens with zero attached hydrogens (tertiary/aromatic N) is 3. The highest BCUT2D eigenvalue weighted by Crippen LogP contribution is 2.24. The Morgan fingerprint density at radius 3 is 1.47 bits per heavy atom. The van der Waals surface area contributed by atoms with Gasteiger partial charge in [-0.15, -0.1) is 0 Å². The van der Waals surface area contributed by atoms with Crippen molar-refractivity contribution in [2.24, 2.45) is 10.2 Å². The molecule has 0 aliphatic carbocycles. The Morgan fingerprint density at radius 1 is 0.581 bits per heavy atom. The normalized spacial score (nSPS) is 11.3. The van der Waals surface area contributed by atoms with Crippen molar-refractivity contribution in [2.45, 2.75) is 97.1 Å². The Bertz CT molecular complexity index is 1130. The fourth-order valence-corrected chi connectivity index (χ4v) is 4.63. The van der Waals surface area contributed by atoms with Crippen molar-refractivity contribution in [3.63, 3.8) is 0 Å². The molecule has 7 heteroatoms. The van der Waals surface area contributed by atoms with E-state index in [0.29, 0.717) is 11.4 Å². The van der Waals surface area contributed by atoms with Gasteiger partial charge in [0.15, 0.2) is 0 Å². The first kappa shape index (κ1) is 35.7. The van der Waals surface area contributed by atoms with Crippen LogP contribution in [0.1, 0.15) is 101 Å². The molecule has 0 saturated heterocycles. The number of benzene rings is 3. The molecular weight excluding hydrogens is 547 g/mol. The van der Waals surface area contributed by atoms with Gasteiger partial charge in [0.25, 0.3) is 5.78 Å². The summed E-state index contributed by atoms with van der Waals surface area (Å²) in [5.41, 5.74) is 1.99. The van der Waals surface area contributed by atoms with Crippen LogP contribution in [0.3, 0.4) is 0 Å². The summed E-state index contributed by atoms with van der Waals surface area (Å²) in [6.45, 7) is 7.03. The first-order valence-electron chi connectivity index (χ1n) is 15.8. The molecule has 0 heterocycles. The molecule has 3 aromatic rings. The standard InChI is InChI=1S/C22H39N.C14H9F3N2O/c1-3-5-7-9-11-16-20-23(22-18-14-13-15-19-22)21-17-12-10-8-6-4-2;15-14(16,17)13(20)10-6-8-12(9-7-10)19-18-11-4-2-1-3-5-11/h13-15,18-19H,3-12,16-17,20-21H2,1-2H3;1-9H. The highest BCUT2D eigenvalue weighted by atomic mass is 19.4. The summed E-state index contributed by atoms with van der Waals surface area (Å²) in [4.78, 5) is 13.6. The molecule has 0 saturated carbocycles. The molecule has 0 bridgehead atoms. The van der Waals surface area contributed by atoms with Crippen LogP contribution in [-0.4, -0.2) is 25.0 Å². The summed E-state index contributed by atoms with van der Waals surface area (Å²) in [6.07, 6.45) is 11.7.